The van der Waals surface area contributed by atoms with Crippen LogP contribution in [0.4, 0.5) is 5.88 Å². The summed E-state index contributed by atoms with van der Waals surface area (Å²) in [5, 5.41) is 6.51. The van der Waals surface area contributed by atoms with Gasteiger partial charge in [0.25, 0.3) is 5.91 Å². The summed E-state index contributed by atoms with van der Waals surface area (Å²) in [4.78, 5) is 12.5. The van der Waals surface area contributed by atoms with Crippen molar-refractivity contribution in [3.8, 4) is 28.4 Å². The highest BCUT2D eigenvalue weighted by Gasteiger charge is 2.16. The Labute approximate surface area is 150 Å². The fourth-order valence-corrected chi connectivity index (χ4v) is 2.46. The Balaban J connectivity index is 1.83. The number of nitrogens with one attached hydrogen (secondary N) is 1. The summed E-state index contributed by atoms with van der Waals surface area (Å²) in [6, 6.07) is 12.3. The number of carbonyl (C=O) groups is 1. The Bertz CT molecular complexity index is 903. The normalized spacial score (nSPS) is 10.3. The van der Waals surface area contributed by atoms with Crippen molar-refractivity contribution in [3.63, 3.8) is 0 Å². The molecule has 134 valence electrons. The van der Waals surface area contributed by atoms with Crippen LogP contribution in [0.15, 0.2) is 53.2 Å². The molecular formula is C19H18N2O5. The number of methoxy groups -OCH3 is 3. The summed E-state index contributed by atoms with van der Waals surface area (Å²) in [6.45, 7) is 0. The first-order valence-electron chi connectivity index (χ1n) is 7.78. The van der Waals surface area contributed by atoms with Crippen LogP contribution in [0.1, 0.15) is 10.4 Å². The standard InChI is InChI=1S/C19H18N2O5/c1-23-14-7-4-12(5-8-14)15-11-20-26-19(15)21-18(22)13-6-9-16(24-2)17(10-13)25-3/h4-11H,1-3H3,(H,21,22). The maximum absolute atomic E-state index is 12.5. The lowest BCUT2D eigenvalue weighted by Crippen LogP contribution is -2.12. The van der Waals surface area contributed by atoms with Crippen molar-refractivity contribution in [2.24, 2.45) is 0 Å². The van der Waals surface area contributed by atoms with E-state index in [4.69, 9.17) is 18.7 Å². The van der Waals surface area contributed by atoms with E-state index >= 15 is 0 Å². The molecule has 0 atom stereocenters. The van der Waals surface area contributed by atoms with Gasteiger partial charge in [-0.3, -0.25) is 10.1 Å². The Morgan fingerprint density at radius 2 is 1.69 bits per heavy atom. The van der Waals surface area contributed by atoms with Crippen molar-refractivity contribution in [3.05, 3.63) is 54.2 Å². The van der Waals surface area contributed by atoms with E-state index in [0.29, 0.717) is 22.6 Å². The van der Waals surface area contributed by atoms with Crippen molar-refractivity contribution in [1.29, 1.82) is 0 Å². The van der Waals surface area contributed by atoms with Gasteiger partial charge in [-0.25, -0.2) is 0 Å². The van der Waals surface area contributed by atoms with Gasteiger partial charge >= 0.3 is 0 Å². The molecule has 3 aromatic rings. The average Bonchev–Trinajstić information content (AvgIpc) is 3.15. The fraction of sp³-hybridized carbons (Fsp3) is 0.158. The van der Waals surface area contributed by atoms with Gasteiger partial charge in [0.1, 0.15) is 5.75 Å². The van der Waals surface area contributed by atoms with E-state index in [-0.39, 0.29) is 11.8 Å². The second-order valence-corrected chi connectivity index (χ2v) is 5.32. The summed E-state index contributed by atoms with van der Waals surface area (Å²) in [5.41, 5.74) is 1.91. The number of amides is 1. The van der Waals surface area contributed by atoms with Gasteiger partial charge in [-0.15, -0.1) is 0 Å². The highest BCUT2D eigenvalue weighted by molar-refractivity contribution is 6.05. The lowest BCUT2D eigenvalue weighted by Gasteiger charge is -2.09. The van der Waals surface area contributed by atoms with E-state index in [9.17, 15) is 4.79 Å². The zero-order valence-corrected chi connectivity index (χ0v) is 14.6. The number of carbonyl (C=O) groups excluding carboxylic acids is 1. The van der Waals surface area contributed by atoms with Gasteiger partial charge in [-0.05, 0) is 35.9 Å². The molecule has 0 radical (unpaired) electrons. The van der Waals surface area contributed by atoms with Crippen LogP contribution >= 0.6 is 0 Å². The van der Waals surface area contributed by atoms with E-state index in [1.165, 1.54) is 14.2 Å². The van der Waals surface area contributed by atoms with Crippen LogP contribution in [0.25, 0.3) is 11.1 Å². The molecule has 7 heteroatoms. The van der Waals surface area contributed by atoms with Crippen LogP contribution in [0, 0.1) is 0 Å². The number of nitrogens with zero attached hydrogens (tertiary/aromatic N) is 1. The molecule has 1 aromatic heterocycles. The third-order valence-electron chi connectivity index (χ3n) is 3.84. The molecule has 2 aromatic carbocycles. The lowest BCUT2D eigenvalue weighted by molar-refractivity contribution is 0.102. The lowest BCUT2D eigenvalue weighted by atomic mass is 10.1. The average molecular weight is 354 g/mol. The smallest absolute Gasteiger partial charge is 0.258 e. The maximum atomic E-state index is 12.5. The molecule has 0 fully saturated rings. The first kappa shape index (κ1) is 17.3. The SMILES string of the molecule is COc1ccc(-c2cnoc2NC(=O)c2ccc(OC)c(OC)c2)cc1. The van der Waals surface area contributed by atoms with Gasteiger partial charge < -0.3 is 18.7 Å². The quantitative estimate of drug-likeness (QED) is 0.728. The van der Waals surface area contributed by atoms with Crippen LogP contribution in [-0.2, 0) is 0 Å². The molecule has 3 rings (SSSR count). The van der Waals surface area contributed by atoms with Gasteiger partial charge in [0.05, 0.1) is 33.1 Å². The molecule has 0 bridgehead atoms. The molecule has 0 saturated carbocycles. The number of ether oxygens (including phenoxy) is 3. The highest BCUT2D eigenvalue weighted by Crippen LogP contribution is 2.31. The van der Waals surface area contributed by atoms with E-state index in [1.54, 1.807) is 31.5 Å². The third-order valence-corrected chi connectivity index (χ3v) is 3.84. The van der Waals surface area contributed by atoms with E-state index < -0.39 is 0 Å². The third kappa shape index (κ3) is 3.46. The number of aromatic nitrogens is 1. The van der Waals surface area contributed by atoms with Crippen molar-refractivity contribution >= 4 is 11.8 Å². The molecule has 0 aliphatic rings. The van der Waals surface area contributed by atoms with Crippen molar-refractivity contribution in [1.82, 2.24) is 5.16 Å². The molecule has 7 nitrogen and oxygen atoms in total. The summed E-state index contributed by atoms with van der Waals surface area (Å²) in [5.74, 6) is 1.66. The van der Waals surface area contributed by atoms with Crippen LogP contribution in [0.3, 0.4) is 0 Å². The van der Waals surface area contributed by atoms with Gasteiger partial charge in [-0.1, -0.05) is 17.3 Å². The van der Waals surface area contributed by atoms with Gasteiger partial charge in [0.2, 0.25) is 5.88 Å². The Kier molecular flexibility index (Phi) is 5.07. The highest BCUT2D eigenvalue weighted by atomic mass is 16.5. The summed E-state index contributed by atoms with van der Waals surface area (Å²) in [7, 11) is 4.65. The van der Waals surface area contributed by atoms with Crippen LogP contribution in [0.2, 0.25) is 0 Å². The summed E-state index contributed by atoms with van der Waals surface area (Å²) < 4.78 is 20.8. The Morgan fingerprint density at radius 1 is 0.962 bits per heavy atom. The molecule has 1 amide bonds. The van der Waals surface area contributed by atoms with Crippen molar-refractivity contribution in [2.75, 3.05) is 26.6 Å². The monoisotopic (exact) mass is 354 g/mol. The maximum Gasteiger partial charge on any atom is 0.258 e. The summed E-state index contributed by atoms with van der Waals surface area (Å²) >= 11 is 0. The fourth-order valence-electron chi connectivity index (χ4n) is 2.46. The van der Waals surface area contributed by atoms with Crippen molar-refractivity contribution in [2.45, 2.75) is 0 Å². The molecule has 0 saturated heterocycles. The number of benzene rings is 2. The second kappa shape index (κ2) is 7.60. The topological polar surface area (TPSA) is 82.8 Å². The number of anilines is 1. The second-order valence-electron chi connectivity index (χ2n) is 5.32. The first-order chi connectivity index (χ1) is 12.7. The molecule has 0 aliphatic heterocycles. The molecule has 0 spiro atoms. The minimum absolute atomic E-state index is 0.259. The summed E-state index contributed by atoms with van der Waals surface area (Å²) in [6.07, 6.45) is 1.55. The molecular weight excluding hydrogens is 336 g/mol. The molecule has 1 heterocycles. The van der Waals surface area contributed by atoms with E-state index in [0.717, 1.165) is 11.3 Å². The number of hydrogen-bond acceptors (Lipinski definition) is 6. The molecule has 26 heavy (non-hydrogen) atoms. The predicted octanol–water partition coefficient (Wildman–Crippen LogP) is 3.62. The zero-order valence-electron chi connectivity index (χ0n) is 14.6. The minimum atomic E-state index is -0.350. The molecule has 0 aliphatic carbocycles. The van der Waals surface area contributed by atoms with Crippen LogP contribution < -0.4 is 19.5 Å². The van der Waals surface area contributed by atoms with Crippen molar-refractivity contribution < 1.29 is 23.5 Å². The van der Waals surface area contributed by atoms with E-state index in [1.807, 2.05) is 24.3 Å². The predicted molar refractivity (Wildman–Crippen MR) is 96.0 cm³/mol. The minimum Gasteiger partial charge on any atom is -0.497 e. The van der Waals surface area contributed by atoms with Gasteiger partial charge in [0, 0.05) is 5.56 Å². The Morgan fingerprint density at radius 3 is 2.35 bits per heavy atom. The Hall–Kier alpha value is -3.48. The number of rotatable bonds is 6. The van der Waals surface area contributed by atoms with Gasteiger partial charge in [0.15, 0.2) is 11.5 Å². The van der Waals surface area contributed by atoms with Crippen LogP contribution in [0.5, 0.6) is 17.2 Å². The molecule has 1 N–H and O–H groups in total. The van der Waals surface area contributed by atoms with Crippen LogP contribution in [-0.4, -0.2) is 32.4 Å². The first-order valence-corrected chi connectivity index (χ1v) is 7.78. The number of hydrogen-bond donors (Lipinski definition) is 1. The van der Waals surface area contributed by atoms with Gasteiger partial charge in [-0.2, -0.15) is 0 Å². The van der Waals surface area contributed by atoms with E-state index in [2.05, 4.69) is 10.5 Å². The zero-order chi connectivity index (χ0) is 18.5. The molecule has 0 unspecified atom stereocenters. The largest absolute Gasteiger partial charge is 0.497 e.